The third-order valence-electron chi connectivity index (χ3n) is 6.62. The average molecular weight is 425 g/mol. The highest BCUT2D eigenvalue weighted by Crippen LogP contribution is 2.43. The molecule has 0 saturated heterocycles. The molecule has 0 N–H and O–H groups in total. The van der Waals surface area contributed by atoms with Crippen LogP contribution in [0.3, 0.4) is 0 Å². The van der Waals surface area contributed by atoms with Gasteiger partial charge in [-0.1, -0.05) is 83.3 Å². The molecule has 1 aliphatic carbocycles. The fourth-order valence-corrected chi connectivity index (χ4v) is 7.14. The predicted molar refractivity (Wildman–Crippen MR) is 135 cm³/mol. The molecule has 1 atom stereocenters. The van der Waals surface area contributed by atoms with Crippen LogP contribution in [0.2, 0.25) is 0 Å². The van der Waals surface area contributed by atoms with Gasteiger partial charge in [-0.05, 0) is 59.9 Å². The smallest absolute Gasteiger partial charge is 0.0877 e. The van der Waals surface area contributed by atoms with E-state index in [1.165, 1.54) is 102 Å². The first-order valence-corrected chi connectivity index (χ1v) is 13.6. The van der Waals surface area contributed by atoms with Crippen molar-refractivity contribution in [2.75, 3.05) is 0 Å². The van der Waals surface area contributed by atoms with Crippen molar-refractivity contribution in [2.24, 2.45) is 0 Å². The van der Waals surface area contributed by atoms with Crippen molar-refractivity contribution in [1.29, 1.82) is 0 Å². The minimum Gasteiger partial charge on any atom is -0.133 e. The fraction of sp³-hybridized carbons (Fsp3) is 0.556. The lowest BCUT2D eigenvalue weighted by atomic mass is 9.82. The quantitative estimate of drug-likeness (QED) is 0.268. The molecule has 29 heavy (non-hydrogen) atoms. The molecule has 2 heterocycles. The summed E-state index contributed by atoms with van der Waals surface area (Å²) in [5.41, 5.74) is 4.74. The first kappa shape index (κ1) is 21.1. The highest BCUT2D eigenvalue weighted by molar-refractivity contribution is 7.41. The molecule has 0 amide bonds. The molecule has 0 bridgehead atoms. The van der Waals surface area contributed by atoms with Crippen molar-refractivity contribution in [3.05, 3.63) is 40.3 Å². The van der Waals surface area contributed by atoms with Crippen molar-refractivity contribution < 1.29 is 0 Å². The molecule has 0 radical (unpaired) electrons. The summed E-state index contributed by atoms with van der Waals surface area (Å²) in [5, 5.41) is 5.17. The number of hydrogen-bond acceptors (Lipinski definition) is 2. The van der Waals surface area contributed by atoms with E-state index in [2.05, 4.69) is 43.5 Å². The molecule has 0 saturated carbocycles. The van der Waals surface area contributed by atoms with Crippen LogP contribution in [0.25, 0.3) is 25.6 Å². The number of thiophene rings is 2. The van der Waals surface area contributed by atoms with Crippen LogP contribution in [-0.4, -0.2) is 0 Å². The van der Waals surface area contributed by atoms with E-state index in [1.807, 2.05) is 22.7 Å². The summed E-state index contributed by atoms with van der Waals surface area (Å²) in [6, 6.07) is 7.26. The van der Waals surface area contributed by atoms with Gasteiger partial charge in [0.25, 0.3) is 0 Å². The fourth-order valence-electron chi connectivity index (χ4n) is 4.93. The molecular formula is C27H36S2. The van der Waals surface area contributed by atoms with Gasteiger partial charge in [0.05, 0.1) is 4.01 Å². The minimum atomic E-state index is 0.658. The van der Waals surface area contributed by atoms with E-state index in [0.29, 0.717) is 5.92 Å². The molecule has 4 rings (SSSR count). The van der Waals surface area contributed by atoms with Crippen molar-refractivity contribution >= 4 is 48.2 Å². The molecule has 2 heteroatoms. The van der Waals surface area contributed by atoms with Gasteiger partial charge in [-0.3, -0.25) is 0 Å². The van der Waals surface area contributed by atoms with Crippen molar-refractivity contribution in [3.8, 4) is 0 Å². The Morgan fingerprint density at radius 1 is 0.897 bits per heavy atom. The molecule has 0 nitrogen and oxygen atoms in total. The van der Waals surface area contributed by atoms with Crippen LogP contribution in [0.4, 0.5) is 0 Å². The second kappa shape index (κ2) is 10.3. The number of unbranched alkanes of at least 4 members (excludes halogenated alkanes) is 9. The van der Waals surface area contributed by atoms with Crippen molar-refractivity contribution in [3.63, 3.8) is 0 Å². The number of fused-ring (bicyclic) bond motifs is 4. The van der Waals surface area contributed by atoms with Gasteiger partial charge in [0.15, 0.2) is 0 Å². The maximum absolute atomic E-state index is 2.52. The van der Waals surface area contributed by atoms with E-state index in [9.17, 15) is 0 Å². The van der Waals surface area contributed by atoms with Gasteiger partial charge >= 0.3 is 0 Å². The summed E-state index contributed by atoms with van der Waals surface area (Å²) in [4.78, 5) is 0. The minimum absolute atomic E-state index is 0.658. The monoisotopic (exact) mass is 424 g/mol. The summed E-state index contributed by atoms with van der Waals surface area (Å²) in [7, 11) is 0. The zero-order valence-electron chi connectivity index (χ0n) is 18.3. The van der Waals surface area contributed by atoms with E-state index < -0.39 is 0 Å². The predicted octanol–water partition coefficient (Wildman–Crippen LogP) is 10.3. The summed E-state index contributed by atoms with van der Waals surface area (Å²) < 4.78 is 2.94. The van der Waals surface area contributed by atoms with Crippen LogP contribution in [0.15, 0.2) is 29.2 Å². The summed E-state index contributed by atoms with van der Waals surface area (Å²) in [6.45, 7) is 4.72. The van der Waals surface area contributed by atoms with E-state index in [-0.39, 0.29) is 0 Å². The summed E-state index contributed by atoms with van der Waals surface area (Å²) in [6.07, 6.45) is 19.3. The largest absolute Gasteiger partial charge is 0.133 e. The Morgan fingerprint density at radius 3 is 2.38 bits per heavy atom. The van der Waals surface area contributed by atoms with Crippen LogP contribution in [0.5, 0.6) is 0 Å². The number of benzene rings is 1. The Bertz CT molecular complexity index is 956. The van der Waals surface area contributed by atoms with Gasteiger partial charge in [0.2, 0.25) is 0 Å². The van der Waals surface area contributed by atoms with Crippen molar-refractivity contribution in [2.45, 2.75) is 96.8 Å². The lowest BCUT2D eigenvalue weighted by Crippen LogP contribution is -2.04. The third-order valence-corrected chi connectivity index (χ3v) is 8.83. The maximum atomic E-state index is 2.52. The van der Waals surface area contributed by atoms with Crippen LogP contribution in [-0.2, 0) is 0 Å². The second-order valence-corrected chi connectivity index (χ2v) is 11.3. The van der Waals surface area contributed by atoms with Gasteiger partial charge in [0.1, 0.15) is 0 Å². The molecule has 2 aromatic heterocycles. The topological polar surface area (TPSA) is 0 Å². The van der Waals surface area contributed by atoms with Gasteiger partial charge < -0.3 is 0 Å². The van der Waals surface area contributed by atoms with Gasteiger partial charge in [-0.15, -0.1) is 22.7 Å². The summed E-state index contributed by atoms with van der Waals surface area (Å²) in [5.74, 6) is 0.658. The highest BCUT2D eigenvalue weighted by Gasteiger charge is 2.19. The second-order valence-electron chi connectivity index (χ2n) is 9.04. The van der Waals surface area contributed by atoms with Gasteiger partial charge in [-0.25, -0.2) is 0 Å². The first-order valence-electron chi connectivity index (χ1n) is 11.9. The van der Waals surface area contributed by atoms with Crippen molar-refractivity contribution in [1.82, 2.24) is 0 Å². The Labute approximate surface area is 185 Å². The first-order chi connectivity index (χ1) is 14.3. The normalized spacial score (nSPS) is 16.5. The van der Waals surface area contributed by atoms with Crippen LogP contribution >= 0.6 is 22.7 Å². The lowest BCUT2D eigenvalue weighted by molar-refractivity contribution is 0.553. The SMILES string of the molecule is CCCCCCCCCCCCC1=Cc2cc3sc4sccc4c3cc2C(C)C1. The van der Waals surface area contributed by atoms with E-state index >= 15 is 0 Å². The average Bonchev–Trinajstić information content (AvgIpc) is 3.29. The molecule has 1 unspecified atom stereocenters. The van der Waals surface area contributed by atoms with E-state index in [1.54, 1.807) is 11.1 Å². The Morgan fingerprint density at radius 2 is 1.62 bits per heavy atom. The maximum Gasteiger partial charge on any atom is 0.0877 e. The molecule has 0 aliphatic heterocycles. The molecule has 0 fully saturated rings. The van der Waals surface area contributed by atoms with E-state index in [0.717, 1.165) is 0 Å². The molecule has 1 aromatic carbocycles. The zero-order chi connectivity index (χ0) is 20.1. The van der Waals surface area contributed by atoms with Crippen LogP contribution in [0, 0.1) is 0 Å². The standard InChI is InChI=1S/C27H36S2/c1-3-4-5-6-7-8-9-10-11-12-13-21-16-20(2)24-19-25-23-14-15-28-27(23)29-26(25)18-22(24)17-21/h14-15,17-20H,3-13,16H2,1-2H3. The highest BCUT2D eigenvalue weighted by atomic mass is 32.2. The van der Waals surface area contributed by atoms with Crippen LogP contribution < -0.4 is 0 Å². The van der Waals surface area contributed by atoms with Gasteiger partial charge in [0, 0.05) is 15.5 Å². The molecule has 3 aromatic rings. The molecule has 0 spiro atoms. The van der Waals surface area contributed by atoms with Crippen LogP contribution in [0.1, 0.15) is 108 Å². The molecular weight excluding hydrogens is 388 g/mol. The van der Waals surface area contributed by atoms with E-state index in [4.69, 9.17) is 0 Å². The number of hydrogen-bond donors (Lipinski definition) is 0. The lowest BCUT2D eigenvalue weighted by Gasteiger charge is -2.23. The zero-order valence-corrected chi connectivity index (χ0v) is 19.9. The third kappa shape index (κ3) is 5.14. The molecule has 156 valence electrons. The Hall–Kier alpha value is -1.12. The number of allylic oxidation sites excluding steroid dienone is 1. The van der Waals surface area contributed by atoms with Gasteiger partial charge in [-0.2, -0.15) is 0 Å². The Kier molecular flexibility index (Phi) is 7.48. The molecule has 1 aliphatic rings. The summed E-state index contributed by atoms with van der Waals surface area (Å²) >= 11 is 3.85. The number of rotatable bonds is 11. The Balaban J connectivity index is 1.28.